The lowest BCUT2D eigenvalue weighted by atomic mass is 10.1. The van der Waals surface area contributed by atoms with Crippen molar-refractivity contribution in [1.29, 1.82) is 0 Å². The molecule has 0 saturated heterocycles. The summed E-state index contributed by atoms with van der Waals surface area (Å²) < 4.78 is 15.2. The first-order chi connectivity index (χ1) is 11.8. The predicted molar refractivity (Wildman–Crippen MR) is 89.9 cm³/mol. The minimum atomic E-state index is -0.313. The molecule has 0 amide bonds. The maximum atomic E-state index is 13.6. The first-order valence-corrected chi connectivity index (χ1v) is 7.90. The SMILES string of the molecule is Fc1cccc(-c2nc(Nc3cccnc3)sc2-n2cncn2)c1. The summed E-state index contributed by atoms with van der Waals surface area (Å²) in [7, 11) is 0. The van der Waals surface area contributed by atoms with Crippen molar-refractivity contribution in [1.82, 2.24) is 24.7 Å². The van der Waals surface area contributed by atoms with Crippen LogP contribution in [0.5, 0.6) is 0 Å². The van der Waals surface area contributed by atoms with Crippen LogP contribution >= 0.6 is 11.3 Å². The number of pyridine rings is 1. The molecule has 0 atom stereocenters. The van der Waals surface area contributed by atoms with Gasteiger partial charge in [-0.15, -0.1) is 0 Å². The molecular formula is C16H11FN6S. The molecule has 0 fully saturated rings. The molecule has 0 radical (unpaired) electrons. The summed E-state index contributed by atoms with van der Waals surface area (Å²) in [6.07, 6.45) is 6.44. The van der Waals surface area contributed by atoms with Gasteiger partial charge >= 0.3 is 0 Å². The van der Waals surface area contributed by atoms with E-state index in [1.807, 2.05) is 18.2 Å². The van der Waals surface area contributed by atoms with E-state index >= 15 is 0 Å². The number of anilines is 2. The summed E-state index contributed by atoms with van der Waals surface area (Å²) in [6, 6.07) is 10.0. The number of thiazole rings is 1. The van der Waals surface area contributed by atoms with E-state index in [0.717, 1.165) is 10.7 Å². The number of halogens is 1. The fourth-order valence-electron chi connectivity index (χ4n) is 2.22. The Morgan fingerprint density at radius 1 is 1.12 bits per heavy atom. The van der Waals surface area contributed by atoms with Crippen LogP contribution in [0.15, 0.2) is 61.4 Å². The molecule has 0 bridgehead atoms. The van der Waals surface area contributed by atoms with E-state index < -0.39 is 0 Å². The van der Waals surface area contributed by atoms with Crippen LogP contribution < -0.4 is 5.32 Å². The van der Waals surface area contributed by atoms with Gasteiger partial charge in [0.05, 0.1) is 11.9 Å². The fraction of sp³-hybridized carbons (Fsp3) is 0. The van der Waals surface area contributed by atoms with Gasteiger partial charge < -0.3 is 5.32 Å². The van der Waals surface area contributed by atoms with E-state index in [2.05, 4.69) is 25.4 Å². The van der Waals surface area contributed by atoms with Crippen LogP contribution in [-0.2, 0) is 0 Å². The van der Waals surface area contributed by atoms with Crippen molar-refractivity contribution in [2.75, 3.05) is 5.32 Å². The van der Waals surface area contributed by atoms with E-state index in [1.165, 1.54) is 29.8 Å². The van der Waals surface area contributed by atoms with Crippen LogP contribution in [0.1, 0.15) is 0 Å². The average Bonchev–Trinajstić information content (AvgIpc) is 3.25. The molecule has 3 aromatic heterocycles. The Hall–Kier alpha value is -3.13. The van der Waals surface area contributed by atoms with Gasteiger partial charge in [0.1, 0.15) is 29.2 Å². The third kappa shape index (κ3) is 2.86. The number of nitrogens with zero attached hydrogens (tertiary/aromatic N) is 5. The van der Waals surface area contributed by atoms with E-state index in [-0.39, 0.29) is 5.82 Å². The van der Waals surface area contributed by atoms with Gasteiger partial charge in [-0.3, -0.25) is 4.98 Å². The molecule has 1 N–H and O–H groups in total. The van der Waals surface area contributed by atoms with Gasteiger partial charge in [-0.2, -0.15) is 5.10 Å². The van der Waals surface area contributed by atoms with E-state index in [1.54, 1.807) is 29.5 Å². The van der Waals surface area contributed by atoms with Gasteiger partial charge in [0.25, 0.3) is 0 Å². The Balaban J connectivity index is 1.79. The van der Waals surface area contributed by atoms with Crippen molar-refractivity contribution in [3.8, 4) is 16.3 Å². The second-order valence-electron chi connectivity index (χ2n) is 4.89. The molecule has 1 aromatic carbocycles. The molecule has 0 spiro atoms. The highest BCUT2D eigenvalue weighted by Gasteiger charge is 2.16. The molecule has 0 saturated carbocycles. The topological polar surface area (TPSA) is 68.5 Å². The van der Waals surface area contributed by atoms with Crippen molar-refractivity contribution in [3.63, 3.8) is 0 Å². The number of aromatic nitrogens is 5. The third-order valence-corrected chi connectivity index (χ3v) is 4.21. The number of rotatable bonds is 4. The Labute approximate surface area is 140 Å². The lowest BCUT2D eigenvalue weighted by molar-refractivity contribution is 0.628. The van der Waals surface area contributed by atoms with Crippen molar-refractivity contribution in [2.45, 2.75) is 0 Å². The number of benzene rings is 1. The zero-order chi connectivity index (χ0) is 16.4. The molecule has 6 nitrogen and oxygen atoms in total. The molecule has 0 aliphatic rings. The van der Waals surface area contributed by atoms with Crippen LogP contribution in [0, 0.1) is 5.82 Å². The largest absolute Gasteiger partial charge is 0.330 e. The smallest absolute Gasteiger partial charge is 0.189 e. The van der Waals surface area contributed by atoms with Crippen molar-refractivity contribution >= 4 is 22.2 Å². The molecule has 118 valence electrons. The van der Waals surface area contributed by atoms with Gasteiger partial charge in [0.2, 0.25) is 0 Å². The lowest BCUT2D eigenvalue weighted by Gasteiger charge is -2.01. The zero-order valence-corrected chi connectivity index (χ0v) is 13.1. The first-order valence-electron chi connectivity index (χ1n) is 7.08. The highest BCUT2D eigenvalue weighted by atomic mass is 32.1. The maximum Gasteiger partial charge on any atom is 0.189 e. The van der Waals surface area contributed by atoms with Gasteiger partial charge in [0.15, 0.2) is 5.13 Å². The third-order valence-electron chi connectivity index (χ3n) is 3.25. The van der Waals surface area contributed by atoms with Gasteiger partial charge in [0, 0.05) is 11.8 Å². The van der Waals surface area contributed by atoms with Crippen LogP contribution in [0.25, 0.3) is 16.3 Å². The second kappa shape index (κ2) is 6.17. The average molecular weight is 338 g/mol. The maximum absolute atomic E-state index is 13.6. The summed E-state index contributed by atoms with van der Waals surface area (Å²) in [5.74, 6) is -0.313. The molecule has 4 rings (SSSR count). The van der Waals surface area contributed by atoms with E-state index in [9.17, 15) is 4.39 Å². The Bertz CT molecular complexity index is 952. The summed E-state index contributed by atoms with van der Waals surface area (Å²) in [5.41, 5.74) is 2.13. The molecule has 0 unspecified atom stereocenters. The monoisotopic (exact) mass is 338 g/mol. The van der Waals surface area contributed by atoms with Gasteiger partial charge in [-0.05, 0) is 24.3 Å². The Morgan fingerprint density at radius 2 is 2.08 bits per heavy atom. The Morgan fingerprint density at radius 3 is 2.83 bits per heavy atom. The zero-order valence-electron chi connectivity index (χ0n) is 12.3. The fourth-order valence-corrected chi connectivity index (χ4v) is 3.15. The summed E-state index contributed by atoms with van der Waals surface area (Å²) in [6.45, 7) is 0. The summed E-state index contributed by atoms with van der Waals surface area (Å²) >= 11 is 1.40. The first kappa shape index (κ1) is 14.5. The van der Waals surface area contributed by atoms with Crippen molar-refractivity contribution < 1.29 is 4.39 Å². The summed E-state index contributed by atoms with van der Waals surface area (Å²) in [5, 5.41) is 8.77. The highest BCUT2D eigenvalue weighted by Crippen LogP contribution is 2.35. The van der Waals surface area contributed by atoms with Gasteiger partial charge in [-0.1, -0.05) is 23.5 Å². The minimum Gasteiger partial charge on any atom is -0.330 e. The highest BCUT2D eigenvalue weighted by molar-refractivity contribution is 7.18. The molecule has 0 aliphatic carbocycles. The second-order valence-corrected chi connectivity index (χ2v) is 5.87. The van der Waals surface area contributed by atoms with Crippen molar-refractivity contribution in [2.24, 2.45) is 0 Å². The van der Waals surface area contributed by atoms with Crippen molar-refractivity contribution in [3.05, 3.63) is 67.3 Å². The molecule has 0 aliphatic heterocycles. The van der Waals surface area contributed by atoms with Crippen LogP contribution in [0.3, 0.4) is 0 Å². The molecular weight excluding hydrogens is 327 g/mol. The van der Waals surface area contributed by atoms with E-state index in [4.69, 9.17) is 0 Å². The number of hydrogen-bond donors (Lipinski definition) is 1. The minimum absolute atomic E-state index is 0.313. The molecule has 4 aromatic rings. The normalized spacial score (nSPS) is 10.7. The quantitative estimate of drug-likeness (QED) is 0.615. The Kier molecular flexibility index (Phi) is 3.72. The summed E-state index contributed by atoms with van der Waals surface area (Å²) in [4.78, 5) is 12.6. The van der Waals surface area contributed by atoms with E-state index in [0.29, 0.717) is 16.4 Å². The number of nitrogens with one attached hydrogen (secondary N) is 1. The van der Waals surface area contributed by atoms with Crippen LogP contribution in [0.2, 0.25) is 0 Å². The molecule has 8 heteroatoms. The van der Waals surface area contributed by atoms with Crippen LogP contribution in [0.4, 0.5) is 15.2 Å². The van der Waals surface area contributed by atoms with Crippen LogP contribution in [-0.4, -0.2) is 24.7 Å². The molecule has 24 heavy (non-hydrogen) atoms. The standard InChI is InChI=1S/C16H11FN6S/c17-12-4-1-3-11(7-12)14-15(23-10-19-9-20-23)24-16(22-14)21-13-5-2-6-18-8-13/h1-10H,(H,21,22). The molecule has 3 heterocycles. The number of hydrogen-bond acceptors (Lipinski definition) is 6. The predicted octanol–water partition coefficient (Wildman–Crippen LogP) is 3.67. The van der Waals surface area contributed by atoms with Gasteiger partial charge in [-0.25, -0.2) is 19.0 Å². The lowest BCUT2D eigenvalue weighted by Crippen LogP contribution is -1.94.